The fraction of sp³-hybridized carbons (Fsp3) is 0.500. The molecule has 0 aliphatic rings. The molecule has 0 amide bonds. The Morgan fingerprint density at radius 2 is 1.90 bits per heavy atom. The second-order valence-electron chi connectivity index (χ2n) is 4.32. The number of hydrogen-bond acceptors (Lipinski definition) is 3. The van der Waals surface area contributed by atoms with Gasteiger partial charge in [0.25, 0.3) is 0 Å². The lowest BCUT2D eigenvalue weighted by Crippen LogP contribution is -2.34. The summed E-state index contributed by atoms with van der Waals surface area (Å²) in [6.45, 7) is 3.03. The Labute approximate surface area is 116 Å². The fourth-order valence-electron chi connectivity index (χ4n) is 1.57. The molecule has 0 aliphatic heterocycles. The Hall–Kier alpha value is -1.12. The maximum absolute atomic E-state index is 12.1. The Morgan fingerprint density at radius 3 is 2.45 bits per heavy atom. The Morgan fingerprint density at radius 1 is 1.25 bits per heavy atom. The first kappa shape index (κ1) is 16.9. The molecule has 0 atom stereocenters. The van der Waals surface area contributed by atoms with Crippen LogP contribution in [0.2, 0.25) is 0 Å². The number of sulfonamides is 1. The van der Waals surface area contributed by atoms with Gasteiger partial charge in [0.2, 0.25) is 10.0 Å². The summed E-state index contributed by atoms with van der Waals surface area (Å²) in [6.07, 6.45) is -4.58. The van der Waals surface area contributed by atoms with Crippen LogP contribution in [-0.4, -0.2) is 27.7 Å². The van der Waals surface area contributed by atoms with Crippen molar-refractivity contribution in [3.63, 3.8) is 0 Å². The van der Waals surface area contributed by atoms with Gasteiger partial charge in [0.15, 0.2) is 0 Å². The van der Waals surface area contributed by atoms with Gasteiger partial charge in [-0.15, -0.1) is 0 Å². The highest BCUT2D eigenvalue weighted by molar-refractivity contribution is 7.89. The van der Waals surface area contributed by atoms with Gasteiger partial charge in [-0.3, -0.25) is 0 Å². The Kier molecular flexibility index (Phi) is 5.55. The molecule has 0 aliphatic carbocycles. The van der Waals surface area contributed by atoms with Crippen LogP contribution in [0.25, 0.3) is 0 Å². The van der Waals surface area contributed by atoms with Gasteiger partial charge in [-0.1, -0.05) is 19.1 Å². The van der Waals surface area contributed by atoms with Crippen molar-refractivity contribution in [2.75, 3.05) is 13.1 Å². The summed E-state index contributed by atoms with van der Waals surface area (Å²) in [5.41, 5.74) is 1.10. The van der Waals surface area contributed by atoms with Crippen LogP contribution in [0, 0.1) is 6.92 Å². The first-order chi connectivity index (χ1) is 9.15. The zero-order chi connectivity index (χ0) is 15.4. The summed E-state index contributed by atoms with van der Waals surface area (Å²) >= 11 is 0. The molecule has 0 heterocycles. The molecule has 1 rings (SSSR count). The molecule has 2 N–H and O–H groups in total. The van der Waals surface area contributed by atoms with Crippen LogP contribution in [-0.2, 0) is 16.6 Å². The average Bonchev–Trinajstić information content (AvgIpc) is 2.34. The second kappa shape index (κ2) is 6.55. The van der Waals surface area contributed by atoms with Gasteiger partial charge in [-0.25, -0.2) is 13.1 Å². The third-order valence-corrected chi connectivity index (χ3v) is 4.13. The van der Waals surface area contributed by atoms with Gasteiger partial charge < -0.3 is 5.32 Å². The highest BCUT2D eigenvalue weighted by Gasteiger charge is 2.30. The second-order valence-corrected chi connectivity index (χ2v) is 6.06. The zero-order valence-electron chi connectivity index (χ0n) is 11.2. The van der Waals surface area contributed by atoms with Crippen molar-refractivity contribution in [2.24, 2.45) is 0 Å². The van der Waals surface area contributed by atoms with Gasteiger partial charge in [0.05, 0.1) is 4.90 Å². The summed E-state index contributed by atoms with van der Waals surface area (Å²) in [4.78, 5) is -0.128. The smallest absolute Gasteiger partial charge is 0.313 e. The van der Waals surface area contributed by atoms with Crippen molar-refractivity contribution in [1.29, 1.82) is 0 Å². The van der Waals surface area contributed by atoms with Crippen LogP contribution in [0.4, 0.5) is 13.2 Å². The molecule has 114 valence electrons. The third kappa shape index (κ3) is 5.10. The monoisotopic (exact) mass is 310 g/mol. The summed E-state index contributed by atoms with van der Waals surface area (Å²) in [5, 5.41) is 3.02. The van der Waals surface area contributed by atoms with E-state index in [0.29, 0.717) is 24.2 Å². The lowest BCUT2D eigenvalue weighted by Gasteiger charge is -2.12. The SMILES string of the molecule is CCNCc1ccc(C)c(S(=O)(=O)NCC(F)(F)F)c1. The standard InChI is InChI=1S/C12H17F3N2O2S/c1-3-16-7-10-5-4-9(2)11(6-10)20(18,19)17-8-12(13,14)15/h4-6,16-17H,3,7-8H2,1-2H3. The molecule has 0 spiro atoms. The highest BCUT2D eigenvalue weighted by atomic mass is 32.2. The molecular weight excluding hydrogens is 293 g/mol. The number of alkyl halides is 3. The van der Waals surface area contributed by atoms with Gasteiger partial charge in [0, 0.05) is 6.54 Å². The quantitative estimate of drug-likeness (QED) is 0.844. The van der Waals surface area contributed by atoms with Gasteiger partial charge >= 0.3 is 6.18 Å². The fourth-order valence-corrected chi connectivity index (χ4v) is 2.88. The molecule has 20 heavy (non-hydrogen) atoms. The number of nitrogens with one attached hydrogen (secondary N) is 2. The molecule has 0 unspecified atom stereocenters. The van der Waals surface area contributed by atoms with Crippen LogP contribution >= 0.6 is 0 Å². The van der Waals surface area contributed by atoms with E-state index in [1.807, 2.05) is 6.92 Å². The van der Waals surface area contributed by atoms with E-state index in [1.54, 1.807) is 23.8 Å². The zero-order valence-corrected chi connectivity index (χ0v) is 12.0. The lowest BCUT2D eigenvalue weighted by molar-refractivity contribution is -0.121. The lowest BCUT2D eigenvalue weighted by atomic mass is 10.1. The molecule has 0 bridgehead atoms. The summed E-state index contributed by atoms with van der Waals surface area (Å²) in [6, 6.07) is 4.70. The van der Waals surface area contributed by atoms with Gasteiger partial charge in [0.1, 0.15) is 6.54 Å². The van der Waals surface area contributed by atoms with Crippen molar-refractivity contribution >= 4 is 10.0 Å². The molecule has 0 aromatic heterocycles. The number of aryl methyl sites for hydroxylation is 1. The molecule has 4 nitrogen and oxygen atoms in total. The number of halogens is 3. The summed E-state index contributed by atoms with van der Waals surface area (Å²) in [5.74, 6) is 0. The van der Waals surface area contributed by atoms with Crippen molar-refractivity contribution in [3.8, 4) is 0 Å². The maximum Gasteiger partial charge on any atom is 0.402 e. The minimum absolute atomic E-state index is 0.128. The van der Waals surface area contributed by atoms with Crippen LogP contribution in [0.15, 0.2) is 23.1 Å². The molecule has 1 aromatic rings. The number of rotatable bonds is 6. The van der Waals surface area contributed by atoms with E-state index in [0.717, 1.165) is 0 Å². The first-order valence-electron chi connectivity index (χ1n) is 6.02. The number of hydrogen-bond donors (Lipinski definition) is 2. The largest absolute Gasteiger partial charge is 0.402 e. The highest BCUT2D eigenvalue weighted by Crippen LogP contribution is 2.19. The van der Waals surface area contributed by atoms with Crippen LogP contribution < -0.4 is 10.0 Å². The van der Waals surface area contributed by atoms with Crippen molar-refractivity contribution in [3.05, 3.63) is 29.3 Å². The van der Waals surface area contributed by atoms with Gasteiger partial charge in [-0.05, 0) is 30.7 Å². The topological polar surface area (TPSA) is 58.2 Å². The first-order valence-corrected chi connectivity index (χ1v) is 7.50. The molecule has 0 fully saturated rings. The molecule has 1 aromatic carbocycles. The van der Waals surface area contributed by atoms with E-state index < -0.39 is 22.7 Å². The normalized spacial score (nSPS) is 12.7. The average molecular weight is 310 g/mol. The van der Waals surface area contributed by atoms with Crippen molar-refractivity contribution < 1.29 is 21.6 Å². The Balaban J connectivity index is 2.98. The minimum Gasteiger partial charge on any atom is -0.313 e. The predicted molar refractivity (Wildman–Crippen MR) is 69.8 cm³/mol. The molecule has 8 heteroatoms. The maximum atomic E-state index is 12.1. The van der Waals surface area contributed by atoms with E-state index in [4.69, 9.17) is 0 Å². The molecule has 0 saturated carbocycles. The molecule has 0 radical (unpaired) electrons. The summed E-state index contributed by atoms with van der Waals surface area (Å²) in [7, 11) is -4.17. The van der Waals surface area contributed by atoms with E-state index in [1.165, 1.54) is 6.07 Å². The molecule has 0 saturated heterocycles. The minimum atomic E-state index is -4.58. The molecular formula is C12H17F3N2O2S. The summed E-state index contributed by atoms with van der Waals surface area (Å²) < 4.78 is 61.7. The Bertz CT molecular complexity index is 556. The third-order valence-electron chi connectivity index (χ3n) is 2.58. The predicted octanol–water partition coefficient (Wildman–Crippen LogP) is 1.95. The van der Waals surface area contributed by atoms with E-state index >= 15 is 0 Å². The van der Waals surface area contributed by atoms with Crippen molar-refractivity contribution in [1.82, 2.24) is 10.0 Å². The van der Waals surface area contributed by atoms with E-state index in [-0.39, 0.29) is 4.90 Å². The van der Waals surface area contributed by atoms with Crippen LogP contribution in [0.1, 0.15) is 18.1 Å². The van der Waals surface area contributed by atoms with Gasteiger partial charge in [-0.2, -0.15) is 13.2 Å². The number of benzene rings is 1. The van der Waals surface area contributed by atoms with Crippen molar-refractivity contribution in [2.45, 2.75) is 31.5 Å². The van der Waals surface area contributed by atoms with Crippen LogP contribution in [0.3, 0.4) is 0 Å². The van der Waals surface area contributed by atoms with E-state index in [9.17, 15) is 21.6 Å². The van der Waals surface area contributed by atoms with E-state index in [2.05, 4.69) is 5.32 Å². The van der Waals surface area contributed by atoms with Crippen LogP contribution in [0.5, 0.6) is 0 Å².